The summed E-state index contributed by atoms with van der Waals surface area (Å²) in [6.45, 7) is 3.31. The van der Waals surface area contributed by atoms with Crippen molar-refractivity contribution in [1.29, 1.82) is 0 Å². The number of nitrogens with zero attached hydrogens (tertiary/aromatic N) is 2. The van der Waals surface area contributed by atoms with E-state index >= 15 is 0 Å². The van der Waals surface area contributed by atoms with Crippen LogP contribution in [-0.4, -0.2) is 27.0 Å². The summed E-state index contributed by atoms with van der Waals surface area (Å²) in [6.07, 6.45) is 0. The summed E-state index contributed by atoms with van der Waals surface area (Å²) in [5.74, 6) is -1.12. The first kappa shape index (κ1) is 20.0. The van der Waals surface area contributed by atoms with E-state index in [1.54, 1.807) is 12.1 Å². The molecule has 0 bridgehead atoms. The molecule has 3 aromatic rings. The van der Waals surface area contributed by atoms with Gasteiger partial charge in [0.15, 0.2) is 10.3 Å². The molecule has 0 aliphatic heterocycles. The molecule has 1 aromatic carbocycles. The minimum atomic E-state index is -0.960. The number of nitrogens with one attached hydrogen (secondary N) is 2. The van der Waals surface area contributed by atoms with Crippen LogP contribution in [0, 0.1) is 6.92 Å². The molecule has 2 aromatic heterocycles. The van der Waals surface area contributed by atoms with Crippen molar-refractivity contribution >= 4 is 67.5 Å². The fourth-order valence-corrected chi connectivity index (χ4v) is 3.86. The van der Waals surface area contributed by atoms with Crippen LogP contribution in [0.15, 0.2) is 29.6 Å². The summed E-state index contributed by atoms with van der Waals surface area (Å²) < 4.78 is 0. The first-order valence-corrected chi connectivity index (χ1v) is 8.93. The number of aryl methyl sites for hydroxylation is 1. The molecule has 0 atom stereocenters. The summed E-state index contributed by atoms with van der Waals surface area (Å²) in [6, 6.07) is 6.45. The van der Waals surface area contributed by atoms with Crippen molar-refractivity contribution in [1.82, 2.24) is 9.97 Å². The zero-order chi connectivity index (χ0) is 18.0. The number of rotatable bonds is 5. The van der Waals surface area contributed by atoms with Crippen molar-refractivity contribution in [3.8, 4) is 10.6 Å². The van der Waals surface area contributed by atoms with Gasteiger partial charge in [0.05, 0.1) is 21.8 Å². The largest absolute Gasteiger partial charge is 0.478 e. The second-order valence-electron chi connectivity index (χ2n) is 5.16. The highest BCUT2D eigenvalue weighted by Gasteiger charge is 2.14. The van der Waals surface area contributed by atoms with Crippen LogP contribution in [0.4, 0.5) is 16.0 Å². The lowest BCUT2D eigenvalue weighted by Gasteiger charge is -2.02. The average Bonchev–Trinajstić information content (AvgIpc) is 3.13. The first-order chi connectivity index (χ1) is 11.9. The molecule has 0 aliphatic rings. The number of amides is 1. The van der Waals surface area contributed by atoms with Gasteiger partial charge in [0.2, 0.25) is 5.91 Å². The van der Waals surface area contributed by atoms with Gasteiger partial charge in [-0.25, -0.2) is 14.8 Å². The number of hydrogen-bond acceptors (Lipinski definition) is 7. The van der Waals surface area contributed by atoms with E-state index in [2.05, 4.69) is 20.6 Å². The Labute approximate surface area is 167 Å². The Hall–Kier alpha value is -2.30. The number of carboxylic acids is 1. The van der Waals surface area contributed by atoms with E-state index in [9.17, 15) is 9.59 Å². The molecule has 3 N–H and O–H groups in total. The maximum absolute atomic E-state index is 11.1. The molecule has 0 fully saturated rings. The van der Waals surface area contributed by atoms with Crippen molar-refractivity contribution in [3.05, 3.63) is 40.9 Å². The van der Waals surface area contributed by atoms with Gasteiger partial charge in [-0.2, -0.15) is 0 Å². The molecule has 0 saturated heterocycles. The topological polar surface area (TPSA) is 104 Å². The molecule has 1 amide bonds. The first-order valence-electron chi connectivity index (χ1n) is 7.23. The number of carbonyl (C=O) groups excluding carboxylic acids is 1. The number of hydrogen-bond donors (Lipinski definition) is 3. The van der Waals surface area contributed by atoms with Crippen LogP contribution in [0.25, 0.3) is 10.6 Å². The molecule has 0 spiro atoms. The minimum Gasteiger partial charge on any atom is -0.478 e. The number of anilines is 3. The molecule has 10 heteroatoms. The molecule has 0 radical (unpaired) electrons. The SMILES string of the molecule is Br.CC(=O)Nc1nc(C)c(-c2csc(Nc3ccc(C(=O)O)cc3)n2)s1. The fraction of sp³-hybridized carbons (Fsp3) is 0.125. The second kappa shape index (κ2) is 8.39. The van der Waals surface area contributed by atoms with Gasteiger partial charge in [-0.3, -0.25) is 4.79 Å². The van der Waals surface area contributed by atoms with Crippen LogP contribution in [0.1, 0.15) is 23.0 Å². The van der Waals surface area contributed by atoms with Gasteiger partial charge in [-0.05, 0) is 31.2 Å². The van der Waals surface area contributed by atoms with Gasteiger partial charge < -0.3 is 15.7 Å². The second-order valence-corrected chi connectivity index (χ2v) is 7.02. The average molecular weight is 455 g/mol. The quantitative estimate of drug-likeness (QED) is 0.522. The van der Waals surface area contributed by atoms with E-state index in [-0.39, 0.29) is 28.5 Å². The highest BCUT2D eigenvalue weighted by Crippen LogP contribution is 2.35. The predicted molar refractivity (Wildman–Crippen MR) is 109 cm³/mol. The number of halogens is 1. The van der Waals surface area contributed by atoms with Crippen LogP contribution in [0.3, 0.4) is 0 Å². The summed E-state index contributed by atoms with van der Waals surface area (Å²) in [5.41, 5.74) is 2.57. The number of aromatic carboxylic acids is 1. The Morgan fingerprint density at radius 3 is 2.42 bits per heavy atom. The number of carboxylic acid groups (broad SMARTS) is 1. The maximum atomic E-state index is 11.1. The van der Waals surface area contributed by atoms with Crippen LogP contribution >= 0.6 is 39.7 Å². The van der Waals surface area contributed by atoms with Crippen molar-refractivity contribution < 1.29 is 14.7 Å². The van der Waals surface area contributed by atoms with E-state index in [1.165, 1.54) is 41.7 Å². The lowest BCUT2D eigenvalue weighted by Crippen LogP contribution is -2.04. The summed E-state index contributed by atoms with van der Waals surface area (Å²) >= 11 is 2.81. The molecule has 136 valence electrons. The Morgan fingerprint density at radius 2 is 1.81 bits per heavy atom. The van der Waals surface area contributed by atoms with Gasteiger partial charge in [0.1, 0.15) is 0 Å². The number of carbonyl (C=O) groups is 2. The molecule has 3 rings (SSSR count). The minimum absolute atomic E-state index is 0. The molecular formula is C16H15BrN4O3S2. The smallest absolute Gasteiger partial charge is 0.335 e. The van der Waals surface area contributed by atoms with E-state index < -0.39 is 5.97 Å². The maximum Gasteiger partial charge on any atom is 0.335 e. The normalized spacial score (nSPS) is 10.1. The van der Waals surface area contributed by atoms with Crippen LogP contribution in [-0.2, 0) is 4.79 Å². The summed E-state index contributed by atoms with van der Waals surface area (Å²) in [5, 5.41) is 17.9. The lowest BCUT2D eigenvalue weighted by molar-refractivity contribution is -0.114. The third-order valence-corrected chi connectivity index (χ3v) is 5.05. The van der Waals surface area contributed by atoms with E-state index in [0.717, 1.165) is 22.0 Å². The lowest BCUT2D eigenvalue weighted by atomic mass is 10.2. The van der Waals surface area contributed by atoms with Gasteiger partial charge >= 0.3 is 5.97 Å². The van der Waals surface area contributed by atoms with E-state index in [0.29, 0.717) is 10.3 Å². The Morgan fingerprint density at radius 1 is 1.12 bits per heavy atom. The molecule has 0 unspecified atom stereocenters. The molecule has 0 aliphatic carbocycles. The Bertz CT molecular complexity index is 937. The molecule has 2 heterocycles. The van der Waals surface area contributed by atoms with E-state index in [1.807, 2.05) is 12.3 Å². The number of thiazole rings is 2. The third kappa shape index (κ3) is 4.65. The van der Waals surface area contributed by atoms with Crippen LogP contribution in [0.5, 0.6) is 0 Å². The summed E-state index contributed by atoms with van der Waals surface area (Å²) in [7, 11) is 0. The highest BCUT2D eigenvalue weighted by molar-refractivity contribution is 8.93. The Balaban J connectivity index is 0.00000243. The van der Waals surface area contributed by atoms with Crippen LogP contribution in [0.2, 0.25) is 0 Å². The standard InChI is InChI=1S/C16H14N4O3S2.BrH/c1-8-13(25-16(17-8)18-9(2)21)12-7-24-15(20-12)19-11-5-3-10(4-6-11)14(22)23;/h3-7H,1-2H3,(H,19,20)(H,22,23)(H,17,18,21);1H. The molecule has 0 saturated carbocycles. The molecule has 7 nitrogen and oxygen atoms in total. The van der Waals surface area contributed by atoms with Gasteiger partial charge in [-0.1, -0.05) is 11.3 Å². The molecule has 26 heavy (non-hydrogen) atoms. The number of aromatic nitrogens is 2. The number of benzene rings is 1. The van der Waals surface area contributed by atoms with E-state index in [4.69, 9.17) is 5.11 Å². The third-order valence-electron chi connectivity index (χ3n) is 3.20. The highest BCUT2D eigenvalue weighted by atomic mass is 79.9. The van der Waals surface area contributed by atoms with Gasteiger partial charge in [0, 0.05) is 18.0 Å². The van der Waals surface area contributed by atoms with Crippen molar-refractivity contribution in [3.63, 3.8) is 0 Å². The molecular weight excluding hydrogens is 440 g/mol. The van der Waals surface area contributed by atoms with Crippen molar-refractivity contribution in [2.45, 2.75) is 13.8 Å². The van der Waals surface area contributed by atoms with Crippen LogP contribution < -0.4 is 10.6 Å². The van der Waals surface area contributed by atoms with Gasteiger partial charge in [0.25, 0.3) is 0 Å². The Kier molecular flexibility index (Phi) is 6.46. The summed E-state index contributed by atoms with van der Waals surface area (Å²) in [4.78, 5) is 31.8. The fourth-order valence-electron chi connectivity index (χ4n) is 2.09. The van der Waals surface area contributed by atoms with Crippen molar-refractivity contribution in [2.24, 2.45) is 0 Å². The zero-order valence-electron chi connectivity index (χ0n) is 13.8. The van der Waals surface area contributed by atoms with Gasteiger partial charge in [-0.15, -0.1) is 28.3 Å². The zero-order valence-corrected chi connectivity index (χ0v) is 17.1. The predicted octanol–water partition coefficient (Wildman–Crippen LogP) is 4.55. The monoisotopic (exact) mass is 454 g/mol. The van der Waals surface area contributed by atoms with Crippen molar-refractivity contribution in [2.75, 3.05) is 10.6 Å².